The molecule has 126 valence electrons. The molecular formula is C13H13F3N2O5. The number of rotatable bonds is 6. The average molecular weight is 334 g/mol. The van der Waals surface area contributed by atoms with Crippen LogP contribution in [-0.4, -0.2) is 36.4 Å². The molecule has 1 aromatic carbocycles. The number of hydrogen-bond donors (Lipinski definition) is 2. The molecule has 0 bridgehead atoms. The fraction of sp³-hybridized carbons (Fsp3) is 0.308. The summed E-state index contributed by atoms with van der Waals surface area (Å²) < 4.78 is 41.2. The number of hydrogen-bond acceptors (Lipinski definition) is 4. The number of nitrogens with zero attached hydrogens (tertiary/aromatic N) is 1. The van der Waals surface area contributed by atoms with Gasteiger partial charge in [-0.15, -0.1) is 13.2 Å². The maximum absolute atomic E-state index is 12.5. The highest BCUT2D eigenvalue weighted by Gasteiger charge is 2.33. The van der Waals surface area contributed by atoms with E-state index in [4.69, 9.17) is 5.11 Å². The first kappa shape index (κ1) is 18.3. The number of benzene rings is 1. The molecule has 10 heteroatoms. The number of urea groups is 1. The Morgan fingerprint density at radius 2 is 2.04 bits per heavy atom. The summed E-state index contributed by atoms with van der Waals surface area (Å²) in [5.74, 6) is -2.14. The van der Waals surface area contributed by atoms with Crippen LogP contribution in [0.3, 0.4) is 0 Å². The van der Waals surface area contributed by atoms with Gasteiger partial charge in [0.2, 0.25) is 6.41 Å². The van der Waals surface area contributed by atoms with Crippen LogP contribution < -0.4 is 15.0 Å². The van der Waals surface area contributed by atoms with E-state index in [2.05, 4.69) is 4.74 Å². The SMILES string of the molecule is CCCN(C(=O)NC=O)c1cc(C(=O)O)ccc1OC(F)(F)F. The number of imide groups is 1. The van der Waals surface area contributed by atoms with Crippen LogP contribution in [0.25, 0.3) is 0 Å². The zero-order chi connectivity index (χ0) is 17.6. The molecule has 23 heavy (non-hydrogen) atoms. The summed E-state index contributed by atoms with van der Waals surface area (Å²) in [6.07, 6.45) is -4.62. The van der Waals surface area contributed by atoms with E-state index in [1.54, 1.807) is 12.2 Å². The Kier molecular flexibility index (Phi) is 5.94. The summed E-state index contributed by atoms with van der Waals surface area (Å²) in [4.78, 5) is 34.0. The van der Waals surface area contributed by atoms with Crippen LogP contribution in [0.4, 0.5) is 23.7 Å². The van der Waals surface area contributed by atoms with Crippen LogP contribution in [0.1, 0.15) is 23.7 Å². The van der Waals surface area contributed by atoms with Gasteiger partial charge < -0.3 is 9.84 Å². The Balaban J connectivity index is 3.39. The molecule has 0 atom stereocenters. The molecular weight excluding hydrogens is 321 g/mol. The van der Waals surface area contributed by atoms with Crippen molar-refractivity contribution in [3.05, 3.63) is 23.8 Å². The Morgan fingerprint density at radius 1 is 1.39 bits per heavy atom. The first-order valence-electron chi connectivity index (χ1n) is 6.34. The van der Waals surface area contributed by atoms with Gasteiger partial charge in [0.15, 0.2) is 5.75 Å². The molecule has 0 aliphatic heterocycles. The minimum Gasteiger partial charge on any atom is -0.478 e. The van der Waals surface area contributed by atoms with Crippen LogP contribution >= 0.6 is 0 Å². The van der Waals surface area contributed by atoms with Gasteiger partial charge in [-0.3, -0.25) is 15.0 Å². The van der Waals surface area contributed by atoms with E-state index >= 15 is 0 Å². The molecule has 0 aromatic heterocycles. The van der Waals surface area contributed by atoms with Crippen molar-refractivity contribution in [2.24, 2.45) is 0 Å². The van der Waals surface area contributed by atoms with E-state index in [0.29, 0.717) is 6.42 Å². The topological polar surface area (TPSA) is 95.9 Å². The molecule has 2 N–H and O–H groups in total. The molecule has 0 spiro atoms. The predicted octanol–water partition coefficient (Wildman–Crippen LogP) is 2.37. The van der Waals surface area contributed by atoms with Crippen molar-refractivity contribution in [1.82, 2.24) is 5.32 Å². The second kappa shape index (κ2) is 7.47. The summed E-state index contributed by atoms with van der Waals surface area (Å²) in [7, 11) is 0. The van der Waals surface area contributed by atoms with Gasteiger partial charge in [-0.2, -0.15) is 0 Å². The third kappa shape index (κ3) is 5.16. The minimum atomic E-state index is -5.03. The maximum Gasteiger partial charge on any atom is 0.573 e. The lowest BCUT2D eigenvalue weighted by Gasteiger charge is -2.24. The molecule has 0 aliphatic carbocycles. The van der Waals surface area contributed by atoms with Gasteiger partial charge in [-0.25, -0.2) is 9.59 Å². The van der Waals surface area contributed by atoms with Crippen molar-refractivity contribution in [2.45, 2.75) is 19.7 Å². The highest BCUT2D eigenvalue weighted by molar-refractivity contribution is 6.00. The highest BCUT2D eigenvalue weighted by atomic mass is 19.4. The lowest BCUT2D eigenvalue weighted by molar-refractivity contribution is -0.274. The van der Waals surface area contributed by atoms with E-state index in [1.807, 2.05) is 0 Å². The van der Waals surface area contributed by atoms with Crippen LogP contribution in [0.2, 0.25) is 0 Å². The number of ether oxygens (including phenoxy) is 1. The first-order chi connectivity index (χ1) is 10.7. The average Bonchev–Trinajstić information content (AvgIpc) is 2.43. The molecule has 0 saturated heterocycles. The summed E-state index contributed by atoms with van der Waals surface area (Å²) in [6, 6.07) is 1.57. The van der Waals surface area contributed by atoms with Crippen molar-refractivity contribution in [3.8, 4) is 5.75 Å². The van der Waals surface area contributed by atoms with E-state index in [-0.39, 0.29) is 18.5 Å². The molecule has 1 aromatic rings. The molecule has 0 saturated carbocycles. The normalized spacial score (nSPS) is 10.8. The third-order valence-electron chi connectivity index (χ3n) is 2.60. The number of halogens is 3. The number of amides is 3. The van der Waals surface area contributed by atoms with Crippen molar-refractivity contribution in [3.63, 3.8) is 0 Å². The van der Waals surface area contributed by atoms with Crippen LogP contribution in [0, 0.1) is 0 Å². The largest absolute Gasteiger partial charge is 0.573 e. The van der Waals surface area contributed by atoms with Crippen LogP contribution in [0.5, 0.6) is 5.75 Å². The number of carboxylic acids is 1. The molecule has 0 fully saturated rings. The zero-order valence-electron chi connectivity index (χ0n) is 11.9. The van der Waals surface area contributed by atoms with Crippen molar-refractivity contribution in [1.29, 1.82) is 0 Å². The molecule has 0 radical (unpaired) electrons. The smallest absolute Gasteiger partial charge is 0.478 e. The number of carbonyl (C=O) groups is 3. The summed E-state index contributed by atoms with van der Waals surface area (Å²) in [6.45, 7) is 1.59. The number of aromatic carboxylic acids is 1. The number of carboxylic acid groups (broad SMARTS) is 1. The summed E-state index contributed by atoms with van der Waals surface area (Å²) in [5, 5.41) is 10.7. The van der Waals surface area contributed by atoms with Gasteiger partial charge in [-0.1, -0.05) is 6.92 Å². The summed E-state index contributed by atoms with van der Waals surface area (Å²) >= 11 is 0. The fourth-order valence-corrected chi connectivity index (χ4v) is 1.76. The van der Waals surface area contributed by atoms with Gasteiger partial charge in [-0.05, 0) is 24.6 Å². The number of nitrogens with one attached hydrogen (secondary N) is 1. The Morgan fingerprint density at radius 3 is 2.52 bits per heavy atom. The van der Waals surface area contributed by atoms with E-state index in [0.717, 1.165) is 23.1 Å². The molecule has 1 rings (SSSR count). The number of carbonyl (C=O) groups excluding carboxylic acids is 2. The van der Waals surface area contributed by atoms with Gasteiger partial charge in [0.25, 0.3) is 0 Å². The monoisotopic (exact) mass is 334 g/mol. The second-order valence-corrected chi connectivity index (χ2v) is 4.25. The minimum absolute atomic E-state index is 0.0586. The fourth-order valence-electron chi connectivity index (χ4n) is 1.76. The Labute approximate surface area is 128 Å². The lowest BCUT2D eigenvalue weighted by atomic mass is 10.1. The molecule has 0 heterocycles. The van der Waals surface area contributed by atoms with Gasteiger partial charge in [0.05, 0.1) is 11.3 Å². The number of anilines is 1. The van der Waals surface area contributed by atoms with Crippen LogP contribution in [-0.2, 0) is 4.79 Å². The van der Waals surface area contributed by atoms with E-state index in [1.165, 1.54) is 0 Å². The van der Waals surface area contributed by atoms with Crippen molar-refractivity contribution >= 4 is 24.1 Å². The maximum atomic E-state index is 12.5. The van der Waals surface area contributed by atoms with E-state index < -0.39 is 29.8 Å². The van der Waals surface area contributed by atoms with Gasteiger partial charge in [0, 0.05) is 6.54 Å². The highest BCUT2D eigenvalue weighted by Crippen LogP contribution is 2.34. The van der Waals surface area contributed by atoms with Crippen molar-refractivity contribution < 1.29 is 37.4 Å². The molecule has 7 nitrogen and oxygen atoms in total. The van der Waals surface area contributed by atoms with E-state index in [9.17, 15) is 27.6 Å². The number of alkyl halides is 3. The Bertz CT molecular complexity index is 604. The predicted molar refractivity (Wildman–Crippen MR) is 72.3 cm³/mol. The molecule has 0 aliphatic rings. The molecule has 0 unspecified atom stereocenters. The van der Waals surface area contributed by atoms with Crippen LogP contribution in [0.15, 0.2) is 18.2 Å². The first-order valence-corrected chi connectivity index (χ1v) is 6.34. The summed E-state index contributed by atoms with van der Waals surface area (Å²) in [5.41, 5.74) is -0.752. The lowest BCUT2D eigenvalue weighted by Crippen LogP contribution is -2.40. The standard InChI is InChI=1S/C13H13F3N2O5/c1-2-5-18(12(22)17-7-19)9-6-8(11(20)21)3-4-10(9)23-13(14,15)16/h3-4,6-7H,2,5H2,1H3,(H,20,21)(H,17,19,22). The van der Waals surface area contributed by atoms with Gasteiger partial charge >= 0.3 is 18.4 Å². The Hall–Kier alpha value is -2.78. The molecule has 3 amide bonds. The zero-order valence-corrected chi connectivity index (χ0v) is 11.9. The second-order valence-electron chi connectivity index (χ2n) is 4.25. The van der Waals surface area contributed by atoms with Crippen molar-refractivity contribution in [2.75, 3.05) is 11.4 Å². The third-order valence-corrected chi connectivity index (χ3v) is 2.60. The van der Waals surface area contributed by atoms with Gasteiger partial charge in [0.1, 0.15) is 0 Å². The quantitative estimate of drug-likeness (QED) is 0.779.